The molecule has 8 aromatic carbocycles. The maximum Gasteiger partial charge on any atom is 0.252 e. The maximum atomic E-state index is 2.65. The third-order valence-electron chi connectivity index (χ3n) is 11.7. The van der Waals surface area contributed by atoms with Crippen LogP contribution in [-0.2, 0) is 0 Å². The predicted molar refractivity (Wildman–Crippen MR) is 228 cm³/mol. The van der Waals surface area contributed by atoms with Crippen molar-refractivity contribution in [1.29, 1.82) is 0 Å². The SMILES string of the molecule is Cc1cc2c3c(c1)N(c1ccccc1)c1cc4c(cc1B3c1ccccc1N2c1ccccc1)[Si](c1ccccc1)(c1ccccc1)c1ccccc1-4. The van der Waals surface area contributed by atoms with Crippen LogP contribution < -0.4 is 46.9 Å². The van der Waals surface area contributed by atoms with Crippen LogP contribution in [0.4, 0.5) is 34.1 Å². The largest absolute Gasteiger partial charge is 0.311 e. The van der Waals surface area contributed by atoms with Gasteiger partial charge in [0.1, 0.15) is 0 Å². The Labute approximate surface area is 312 Å². The molecule has 0 unspecified atom stereocenters. The number of para-hydroxylation sites is 3. The fourth-order valence-corrected chi connectivity index (χ4v) is 14.9. The summed E-state index contributed by atoms with van der Waals surface area (Å²) in [5.41, 5.74) is 15.4. The molecular formula is C49H35BN2Si. The summed E-state index contributed by atoms with van der Waals surface area (Å²) in [5.74, 6) is 0. The highest BCUT2D eigenvalue weighted by Crippen LogP contribution is 2.45. The lowest BCUT2D eigenvalue weighted by molar-refractivity contribution is 1.24. The van der Waals surface area contributed by atoms with Crippen LogP contribution in [0.2, 0.25) is 0 Å². The van der Waals surface area contributed by atoms with Gasteiger partial charge in [0.05, 0.1) is 0 Å². The Bertz CT molecular complexity index is 2660. The molecule has 53 heavy (non-hydrogen) atoms. The molecule has 4 heteroatoms. The van der Waals surface area contributed by atoms with Gasteiger partial charge < -0.3 is 9.80 Å². The van der Waals surface area contributed by atoms with E-state index in [0.29, 0.717) is 0 Å². The summed E-state index contributed by atoms with van der Waals surface area (Å²) in [5, 5.41) is 5.78. The van der Waals surface area contributed by atoms with Crippen LogP contribution in [0.5, 0.6) is 0 Å². The summed E-state index contributed by atoms with van der Waals surface area (Å²) in [7, 11) is -2.71. The molecule has 3 heterocycles. The van der Waals surface area contributed by atoms with E-state index in [1.807, 2.05) is 0 Å². The Hall–Kier alpha value is -6.36. The van der Waals surface area contributed by atoms with Crippen molar-refractivity contribution in [3.05, 3.63) is 200 Å². The van der Waals surface area contributed by atoms with Crippen LogP contribution in [0.1, 0.15) is 5.56 Å². The lowest BCUT2D eigenvalue weighted by Crippen LogP contribution is -2.73. The fraction of sp³-hybridized carbons (Fsp3) is 0.0204. The van der Waals surface area contributed by atoms with E-state index in [1.54, 1.807) is 0 Å². The van der Waals surface area contributed by atoms with E-state index in [9.17, 15) is 0 Å². The third-order valence-corrected chi connectivity index (χ3v) is 16.6. The van der Waals surface area contributed by atoms with Gasteiger partial charge in [0.15, 0.2) is 8.07 Å². The monoisotopic (exact) mass is 690 g/mol. The first-order chi connectivity index (χ1) is 26.2. The van der Waals surface area contributed by atoms with Crippen molar-refractivity contribution in [2.75, 3.05) is 9.80 Å². The van der Waals surface area contributed by atoms with Crippen LogP contribution in [-0.4, -0.2) is 14.8 Å². The Morgan fingerprint density at radius 3 is 1.53 bits per heavy atom. The molecule has 0 amide bonds. The summed E-state index contributed by atoms with van der Waals surface area (Å²) >= 11 is 0. The molecule has 0 spiro atoms. The lowest BCUT2D eigenvalue weighted by Gasteiger charge is -2.45. The highest BCUT2D eigenvalue weighted by Gasteiger charge is 2.51. The highest BCUT2D eigenvalue weighted by molar-refractivity contribution is 7.22. The Kier molecular flexibility index (Phi) is 6.61. The van der Waals surface area contributed by atoms with Gasteiger partial charge >= 0.3 is 0 Å². The normalized spacial score (nSPS) is 14.2. The molecule has 3 aliphatic heterocycles. The zero-order valence-electron chi connectivity index (χ0n) is 29.4. The van der Waals surface area contributed by atoms with Gasteiger partial charge in [0.25, 0.3) is 6.71 Å². The molecule has 0 saturated carbocycles. The Balaban J connectivity index is 1.29. The molecule has 0 aromatic heterocycles. The standard InChI is InChI=1S/C49H35BN2Si/c1-34-30-45-49-46(31-34)52(36-20-8-3-9-21-36)44-32-40-39-26-14-17-29-47(39)53(37-22-10-4-11-23-37,38-24-12-5-13-25-38)48(40)33-42(44)50(49)41-27-15-16-28-43(41)51(45)35-18-6-2-7-19-35/h2-33H,1H3. The number of aryl methyl sites for hydroxylation is 1. The van der Waals surface area contributed by atoms with Crippen molar-refractivity contribution in [3.8, 4) is 11.1 Å². The number of fused-ring (bicyclic) bond motifs is 7. The van der Waals surface area contributed by atoms with E-state index in [0.717, 1.165) is 0 Å². The van der Waals surface area contributed by atoms with E-state index < -0.39 is 8.07 Å². The van der Waals surface area contributed by atoms with Gasteiger partial charge in [-0.1, -0.05) is 146 Å². The second-order valence-corrected chi connectivity index (χ2v) is 18.3. The van der Waals surface area contributed by atoms with Gasteiger partial charge in [0.2, 0.25) is 0 Å². The summed E-state index contributed by atoms with van der Waals surface area (Å²) in [6.07, 6.45) is 0. The average molecular weight is 691 g/mol. The minimum Gasteiger partial charge on any atom is -0.311 e. The van der Waals surface area contributed by atoms with Gasteiger partial charge in [-0.15, -0.1) is 0 Å². The molecular weight excluding hydrogens is 655 g/mol. The van der Waals surface area contributed by atoms with Crippen molar-refractivity contribution in [2.45, 2.75) is 6.92 Å². The third kappa shape index (κ3) is 4.21. The first kappa shape index (κ1) is 30.3. The first-order valence-corrected chi connectivity index (χ1v) is 20.6. The lowest BCUT2D eigenvalue weighted by atomic mass is 9.33. The summed E-state index contributed by atoms with van der Waals surface area (Å²) < 4.78 is 0. The average Bonchev–Trinajstić information content (AvgIpc) is 3.51. The van der Waals surface area contributed by atoms with E-state index >= 15 is 0 Å². The number of hydrogen-bond acceptors (Lipinski definition) is 2. The van der Waals surface area contributed by atoms with E-state index in [2.05, 4.69) is 211 Å². The van der Waals surface area contributed by atoms with Gasteiger partial charge in [-0.05, 0) is 109 Å². The number of anilines is 6. The molecule has 0 aliphatic carbocycles. The minimum absolute atomic E-state index is 0.0546. The van der Waals surface area contributed by atoms with Gasteiger partial charge in [0, 0.05) is 34.1 Å². The maximum absolute atomic E-state index is 2.71. The molecule has 3 aliphatic rings. The molecule has 0 bridgehead atoms. The summed E-state index contributed by atoms with van der Waals surface area (Å²) in [6, 6.07) is 72.9. The van der Waals surface area contributed by atoms with Crippen molar-refractivity contribution in [3.63, 3.8) is 0 Å². The topological polar surface area (TPSA) is 6.48 Å². The molecule has 2 nitrogen and oxygen atoms in total. The highest BCUT2D eigenvalue weighted by atomic mass is 28.3. The zero-order chi connectivity index (χ0) is 35.1. The summed E-state index contributed by atoms with van der Waals surface area (Å²) in [6.45, 7) is 2.30. The quantitative estimate of drug-likeness (QED) is 0.177. The van der Waals surface area contributed by atoms with E-state index in [-0.39, 0.29) is 6.71 Å². The molecule has 0 N–H and O–H groups in total. The molecule has 11 rings (SSSR count). The van der Waals surface area contributed by atoms with Crippen LogP contribution in [0.3, 0.4) is 0 Å². The van der Waals surface area contributed by atoms with Gasteiger partial charge in [-0.3, -0.25) is 0 Å². The van der Waals surface area contributed by atoms with Crippen LogP contribution in [0.15, 0.2) is 194 Å². The molecule has 0 fully saturated rings. The van der Waals surface area contributed by atoms with Crippen LogP contribution in [0.25, 0.3) is 11.1 Å². The molecule has 8 aromatic rings. The van der Waals surface area contributed by atoms with Crippen LogP contribution >= 0.6 is 0 Å². The Morgan fingerprint density at radius 1 is 0.396 bits per heavy atom. The molecule has 0 atom stereocenters. The predicted octanol–water partition coefficient (Wildman–Crippen LogP) is 7.44. The van der Waals surface area contributed by atoms with E-state index in [4.69, 9.17) is 0 Å². The second kappa shape index (κ2) is 11.6. The summed E-state index contributed by atoms with van der Waals surface area (Å²) in [4.78, 5) is 5.03. The smallest absolute Gasteiger partial charge is 0.252 e. The van der Waals surface area contributed by atoms with Crippen LogP contribution in [0, 0.1) is 6.92 Å². The minimum atomic E-state index is -2.71. The molecule has 0 radical (unpaired) electrons. The first-order valence-electron chi connectivity index (χ1n) is 18.6. The molecule has 0 saturated heterocycles. The van der Waals surface area contributed by atoms with Crippen molar-refractivity contribution < 1.29 is 0 Å². The number of benzene rings is 8. The van der Waals surface area contributed by atoms with Gasteiger partial charge in [-0.25, -0.2) is 0 Å². The molecule has 248 valence electrons. The number of rotatable bonds is 4. The number of nitrogens with zero attached hydrogens (tertiary/aromatic N) is 2. The number of hydrogen-bond donors (Lipinski definition) is 0. The van der Waals surface area contributed by atoms with Crippen molar-refractivity contribution in [2.24, 2.45) is 0 Å². The van der Waals surface area contributed by atoms with Crippen molar-refractivity contribution in [1.82, 2.24) is 0 Å². The van der Waals surface area contributed by atoms with E-state index in [1.165, 1.54) is 87.9 Å². The second-order valence-electron chi connectivity index (χ2n) is 14.5. The fourth-order valence-electron chi connectivity index (χ4n) is 9.73. The zero-order valence-corrected chi connectivity index (χ0v) is 30.4. The van der Waals surface area contributed by atoms with Gasteiger partial charge in [-0.2, -0.15) is 0 Å². The van der Waals surface area contributed by atoms with Crippen molar-refractivity contribution >= 4 is 86.0 Å². The Morgan fingerprint density at radius 2 is 0.906 bits per heavy atom.